The van der Waals surface area contributed by atoms with Gasteiger partial charge in [-0.3, -0.25) is 0 Å². The van der Waals surface area contributed by atoms with Gasteiger partial charge >= 0.3 is 0 Å². The number of nitrogens with zero attached hydrogens (tertiary/aromatic N) is 1. The van der Waals surface area contributed by atoms with Gasteiger partial charge in [0.15, 0.2) is 8.07 Å². The van der Waals surface area contributed by atoms with Gasteiger partial charge in [-0.05, 0) is 86.5 Å². The van der Waals surface area contributed by atoms with E-state index in [1.165, 1.54) is 41.7 Å². The van der Waals surface area contributed by atoms with E-state index in [1.807, 2.05) is 36.0 Å². The average Bonchev–Trinajstić information content (AvgIpc) is 3.86. The molecule has 2 aliphatic rings. The van der Waals surface area contributed by atoms with Crippen LogP contribution in [0.3, 0.4) is 0 Å². The largest absolute Gasteiger partial charge is 0.456 e. The van der Waals surface area contributed by atoms with E-state index in [-0.39, 0.29) is 0 Å². The average molecular weight is 712 g/mol. The Hall–Kier alpha value is -6.27. The van der Waals surface area contributed by atoms with Crippen molar-refractivity contribution in [2.75, 3.05) is 4.90 Å². The molecule has 0 bridgehead atoms. The van der Waals surface area contributed by atoms with Crippen LogP contribution in [0.4, 0.5) is 17.1 Å². The van der Waals surface area contributed by atoms with Crippen molar-refractivity contribution >= 4 is 102 Å². The van der Waals surface area contributed by atoms with Gasteiger partial charge in [0.2, 0.25) is 0 Å². The fraction of sp³-hybridized carbons (Fsp3) is 0. The zero-order valence-corrected chi connectivity index (χ0v) is 30.2. The summed E-state index contributed by atoms with van der Waals surface area (Å²) in [5.41, 5.74) is 9.39. The minimum absolute atomic E-state index is 0.866. The lowest BCUT2D eigenvalue weighted by Gasteiger charge is -2.38. The van der Waals surface area contributed by atoms with Gasteiger partial charge < -0.3 is 13.7 Å². The number of hydrogen-bond acceptors (Lipinski definition) is 4. The van der Waals surface area contributed by atoms with Crippen LogP contribution < -0.4 is 25.6 Å². The second kappa shape index (κ2) is 10.9. The molecule has 0 atom stereocenters. The van der Waals surface area contributed by atoms with Crippen molar-refractivity contribution in [3.8, 4) is 11.1 Å². The van der Waals surface area contributed by atoms with E-state index in [0.29, 0.717) is 0 Å². The normalized spacial score (nSPS) is 13.7. The van der Waals surface area contributed by atoms with Crippen molar-refractivity contribution in [2.24, 2.45) is 0 Å². The van der Waals surface area contributed by atoms with E-state index in [4.69, 9.17) is 8.83 Å². The van der Waals surface area contributed by atoms with Crippen LogP contribution in [0, 0.1) is 0 Å². The number of benzene rings is 8. The predicted octanol–water partition coefficient (Wildman–Crippen LogP) is 10.8. The minimum atomic E-state index is -2.60. The summed E-state index contributed by atoms with van der Waals surface area (Å²) in [5, 5.41) is 10.4. The highest BCUT2D eigenvalue weighted by molar-refractivity contribution is 8.00. The smallest absolute Gasteiger partial charge is 0.183 e. The van der Waals surface area contributed by atoms with Crippen LogP contribution in [0.25, 0.3) is 55.0 Å². The first-order valence-electron chi connectivity index (χ1n) is 18.0. The van der Waals surface area contributed by atoms with Gasteiger partial charge in [-0.25, -0.2) is 0 Å². The number of anilines is 3. The zero-order chi connectivity index (χ0) is 34.7. The molecule has 0 saturated carbocycles. The number of rotatable bonds is 3. The summed E-state index contributed by atoms with van der Waals surface area (Å²) in [6.07, 6.45) is 0. The Morgan fingerprint density at radius 1 is 0.358 bits per heavy atom. The van der Waals surface area contributed by atoms with Crippen molar-refractivity contribution in [3.05, 3.63) is 176 Å². The molecule has 4 heterocycles. The summed E-state index contributed by atoms with van der Waals surface area (Å²) >= 11 is 1.90. The van der Waals surface area contributed by atoms with Crippen molar-refractivity contribution in [1.29, 1.82) is 0 Å². The third-order valence-electron chi connectivity index (χ3n) is 11.3. The maximum Gasteiger partial charge on any atom is 0.183 e. The molecule has 248 valence electrons. The van der Waals surface area contributed by atoms with Gasteiger partial charge in [0.25, 0.3) is 0 Å². The van der Waals surface area contributed by atoms with Crippen LogP contribution in [0.2, 0.25) is 0 Å². The molecule has 0 unspecified atom stereocenters. The second-order valence-electron chi connectivity index (χ2n) is 14.0. The molecule has 8 aromatic carbocycles. The number of furan rings is 2. The monoisotopic (exact) mass is 711 g/mol. The second-order valence-corrected chi connectivity index (χ2v) is 18.8. The summed E-state index contributed by atoms with van der Waals surface area (Å²) in [6, 6.07) is 64.3. The highest BCUT2D eigenvalue weighted by atomic mass is 32.2. The Kier molecular flexibility index (Phi) is 6.01. The van der Waals surface area contributed by atoms with Gasteiger partial charge in [-0.1, -0.05) is 121 Å². The van der Waals surface area contributed by atoms with Crippen LogP contribution in [-0.4, -0.2) is 8.07 Å². The summed E-state index contributed by atoms with van der Waals surface area (Å²) in [5.74, 6) is 0. The molecule has 5 heteroatoms. The zero-order valence-electron chi connectivity index (χ0n) is 28.4. The molecule has 0 amide bonds. The molecule has 53 heavy (non-hydrogen) atoms. The molecule has 0 N–H and O–H groups in total. The first-order chi connectivity index (χ1) is 26.3. The molecule has 10 aromatic rings. The van der Waals surface area contributed by atoms with E-state index in [0.717, 1.165) is 60.9 Å². The maximum absolute atomic E-state index is 6.44. The first kappa shape index (κ1) is 29.3. The Bertz CT molecular complexity index is 2980. The van der Waals surface area contributed by atoms with Gasteiger partial charge in [0, 0.05) is 60.5 Å². The Morgan fingerprint density at radius 3 is 1.43 bits per heavy atom. The fourth-order valence-corrected chi connectivity index (χ4v) is 16.5. The molecule has 2 aliphatic heterocycles. The molecule has 0 radical (unpaired) electrons. The highest BCUT2D eigenvalue weighted by Gasteiger charge is 2.52. The maximum atomic E-state index is 6.44. The van der Waals surface area contributed by atoms with Crippen molar-refractivity contribution < 1.29 is 8.83 Å². The minimum Gasteiger partial charge on any atom is -0.456 e. The van der Waals surface area contributed by atoms with E-state index < -0.39 is 8.07 Å². The number of para-hydroxylation sites is 2. The Morgan fingerprint density at radius 2 is 0.811 bits per heavy atom. The summed E-state index contributed by atoms with van der Waals surface area (Å²) in [7, 11) is -2.60. The summed E-state index contributed by atoms with van der Waals surface area (Å²) in [4.78, 5) is 5.00. The van der Waals surface area contributed by atoms with Crippen molar-refractivity contribution in [1.82, 2.24) is 0 Å². The molecular weight excluding hydrogens is 683 g/mol. The van der Waals surface area contributed by atoms with Crippen LogP contribution in [0.1, 0.15) is 0 Å². The van der Waals surface area contributed by atoms with Crippen LogP contribution in [-0.2, 0) is 0 Å². The fourth-order valence-electron chi connectivity index (χ4n) is 9.14. The van der Waals surface area contributed by atoms with Gasteiger partial charge in [-0.15, -0.1) is 0 Å². The topological polar surface area (TPSA) is 29.5 Å². The van der Waals surface area contributed by atoms with E-state index in [1.54, 1.807) is 0 Å². The number of hydrogen-bond donors (Lipinski definition) is 0. The third-order valence-corrected chi connectivity index (χ3v) is 17.8. The van der Waals surface area contributed by atoms with Crippen molar-refractivity contribution in [2.45, 2.75) is 9.79 Å². The Labute approximate surface area is 310 Å². The van der Waals surface area contributed by atoms with Crippen LogP contribution in [0.15, 0.2) is 195 Å². The SMILES string of the molecule is c1ccc2c(c1)Sc1cc(N(c3ccc4c(c3)oc3ccccc34)c3ccc4c(c3)oc3ccccc34)ccc1[Si]21c2ccccc2-c2ccccc21. The van der Waals surface area contributed by atoms with Gasteiger partial charge in [-0.2, -0.15) is 0 Å². The lowest BCUT2D eigenvalue weighted by atomic mass is 10.1. The van der Waals surface area contributed by atoms with E-state index in [2.05, 4.69) is 157 Å². The van der Waals surface area contributed by atoms with Gasteiger partial charge in [0.1, 0.15) is 22.3 Å². The van der Waals surface area contributed by atoms with Crippen LogP contribution >= 0.6 is 11.8 Å². The molecule has 3 nitrogen and oxygen atoms in total. The molecule has 2 aromatic heterocycles. The lowest BCUT2D eigenvalue weighted by molar-refractivity contribution is 0.669. The molecule has 1 spiro atoms. The van der Waals surface area contributed by atoms with E-state index in [9.17, 15) is 0 Å². The standard InChI is InChI=1S/C48H29NO2SSi/c1-5-15-39-33(11-1)35-24-21-30(27-41(35)50-39)49(31-22-25-36-34-12-2-6-16-40(34)51-42(36)28-31)32-23-26-48-44(29-32)52-43-17-7-10-20-47(43)53(48)45-18-8-3-13-37(45)38-14-4-9-19-46(38)53/h1-29H. The van der Waals surface area contributed by atoms with E-state index >= 15 is 0 Å². The van der Waals surface area contributed by atoms with Gasteiger partial charge in [0.05, 0.1) is 0 Å². The molecule has 0 saturated heterocycles. The first-order valence-corrected chi connectivity index (χ1v) is 20.8. The quantitative estimate of drug-likeness (QED) is 0.171. The molecule has 0 aliphatic carbocycles. The molecule has 12 rings (SSSR count). The highest BCUT2D eigenvalue weighted by Crippen LogP contribution is 2.44. The van der Waals surface area contributed by atoms with Crippen LogP contribution in [0.5, 0.6) is 0 Å². The predicted molar refractivity (Wildman–Crippen MR) is 222 cm³/mol. The lowest BCUT2D eigenvalue weighted by Crippen LogP contribution is -2.74. The third kappa shape index (κ3) is 4.01. The Balaban J connectivity index is 1.11. The summed E-state index contributed by atoms with van der Waals surface area (Å²) < 4.78 is 12.9. The number of fused-ring (bicyclic) bond motifs is 15. The molecular formula is C48H29NO2SSi. The summed E-state index contributed by atoms with van der Waals surface area (Å²) in [6.45, 7) is 0. The van der Waals surface area contributed by atoms with Crippen molar-refractivity contribution in [3.63, 3.8) is 0 Å². The molecule has 0 fully saturated rings.